The normalized spacial score (nSPS) is 24.8. The van der Waals surface area contributed by atoms with E-state index in [1.165, 1.54) is 19.3 Å². The lowest BCUT2D eigenvalue weighted by atomic mass is 9.80. The molecule has 1 aliphatic carbocycles. The zero-order valence-corrected chi connectivity index (χ0v) is 9.62. The maximum atomic E-state index is 4.90. The van der Waals surface area contributed by atoms with Gasteiger partial charge in [0.05, 0.1) is 13.4 Å². The van der Waals surface area contributed by atoms with Crippen molar-refractivity contribution in [2.24, 2.45) is 11.8 Å². The number of hydrogen-bond acceptors (Lipinski definition) is 1. The van der Waals surface area contributed by atoms with Crippen LogP contribution >= 0.6 is 0 Å². The number of hydrogen-bond donors (Lipinski definition) is 0. The van der Waals surface area contributed by atoms with Crippen LogP contribution in [0.2, 0.25) is 0 Å². The van der Waals surface area contributed by atoms with E-state index in [9.17, 15) is 0 Å². The van der Waals surface area contributed by atoms with Crippen LogP contribution in [0.1, 0.15) is 39.5 Å². The first kappa shape index (κ1) is 11.4. The molecular formula is C13H22O. The molecule has 1 rings (SSSR count). The first-order chi connectivity index (χ1) is 6.74. The van der Waals surface area contributed by atoms with Gasteiger partial charge in [-0.25, -0.2) is 0 Å². The van der Waals surface area contributed by atoms with Crippen molar-refractivity contribution in [2.45, 2.75) is 39.5 Å². The number of allylic oxidation sites excluding steroid dienone is 3. The largest absolute Gasteiger partial charge is 0.505 e. The maximum absolute atomic E-state index is 4.90. The summed E-state index contributed by atoms with van der Waals surface area (Å²) in [5.41, 5.74) is 1.57. The quantitative estimate of drug-likeness (QED) is 0.487. The summed E-state index contributed by atoms with van der Waals surface area (Å²) in [7, 11) is 1.70. The highest BCUT2D eigenvalue weighted by Gasteiger charge is 2.17. The molecule has 14 heavy (non-hydrogen) atoms. The Morgan fingerprint density at radius 1 is 1.64 bits per heavy atom. The monoisotopic (exact) mass is 194 g/mol. The Balaban J connectivity index is 2.31. The molecule has 0 heterocycles. The molecule has 0 aromatic heterocycles. The second-order valence-corrected chi connectivity index (χ2v) is 4.41. The van der Waals surface area contributed by atoms with Crippen LogP contribution in [0.25, 0.3) is 0 Å². The Kier molecular flexibility index (Phi) is 4.78. The van der Waals surface area contributed by atoms with E-state index >= 15 is 0 Å². The summed E-state index contributed by atoms with van der Waals surface area (Å²) in [5, 5.41) is 0. The Morgan fingerprint density at radius 3 is 3.00 bits per heavy atom. The Morgan fingerprint density at radius 2 is 2.43 bits per heavy atom. The van der Waals surface area contributed by atoms with Gasteiger partial charge in [-0.1, -0.05) is 18.6 Å². The molecule has 80 valence electrons. The van der Waals surface area contributed by atoms with Gasteiger partial charge in [0.2, 0.25) is 0 Å². The number of rotatable bonds is 4. The molecular weight excluding hydrogens is 172 g/mol. The lowest BCUT2D eigenvalue weighted by Gasteiger charge is -2.25. The van der Waals surface area contributed by atoms with Crippen LogP contribution in [0, 0.1) is 11.8 Å². The van der Waals surface area contributed by atoms with Crippen LogP contribution in [0.15, 0.2) is 24.0 Å². The fourth-order valence-electron chi connectivity index (χ4n) is 2.06. The average Bonchev–Trinajstić information content (AvgIpc) is 2.19. The van der Waals surface area contributed by atoms with Crippen molar-refractivity contribution < 1.29 is 4.74 Å². The summed E-state index contributed by atoms with van der Waals surface area (Å²) in [6.07, 6.45) is 11.4. The van der Waals surface area contributed by atoms with Crippen molar-refractivity contribution in [1.82, 2.24) is 0 Å². The summed E-state index contributed by atoms with van der Waals surface area (Å²) >= 11 is 0. The molecule has 0 saturated heterocycles. The van der Waals surface area contributed by atoms with Crippen LogP contribution in [0.3, 0.4) is 0 Å². The molecule has 1 aliphatic rings. The molecule has 0 bridgehead atoms. The molecule has 0 N–H and O–H groups in total. The molecule has 1 nitrogen and oxygen atoms in total. The van der Waals surface area contributed by atoms with Gasteiger partial charge >= 0.3 is 0 Å². The lowest BCUT2D eigenvalue weighted by Crippen LogP contribution is -2.13. The zero-order valence-electron chi connectivity index (χ0n) is 9.62. The van der Waals surface area contributed by atoms with Gasteiger partial charge in [0.1, 0.15) is 0 Å². The highest BCUT2D eigenvalue weighted by molar-refractivity contribution is 5.03. The summed E-state index contributed by atoms with van der Waals surface area (Å²) in [4.78, 5) is 0. The molecule has 0 radical (unpaired) electrons. The predicted octanol–water partition coefficient (Wildman–Crippen LogP) is 3.92. The second-order valence-electron chi connectivity index (χ2n) is 4.41. The van der Waals surface area contributed by atoms with E-state index in [1.54, 1.807) is 18.9 Å². The van der Waals surface area contributed by atoms with Gasteiger partial charge in [-0.2, -0.15) is 0 Å². The summed E-state index contributed by atoms with van der Waals surface area (Å²) in [5.74, 6) is 1.66. The van der Waals surface area contributed by atoms with Crippen molar-refractivity contribution in [3.63, 3.8) is 0 Å². The van der Waals surface area contributed by atoms with Crippen molar-refractivity contribution in [2.75, 3.05) is 7.11 Å². The third-order valence-electron chi connectivity index (χ3n) is 3.22. The van der Waals surface area contributed by atoms with Crippen LogP contribution < -0.4 is 0 Å². The molecule has 0 saturated carbocycles. The van der Waals surface area contributed by atoms with Crippen molar-refractivity contribution in [3.8, 4) is 0 Å². The Hall–Kier alpha value is -0.720. The van der Waals surface area contributed by atoms with E-state index in [4.69, 9.17) is 4.74 Å². The van der Waals surface area contributed by atoms with E-state index in [-0.39, 0.29) is 0 Å². The molecule has 0 aliphatic heterocycles. The Labute approximate surface area is 87.8 Å². The topological polar surface area (TPSA) is 9.23 Å². The summed E-state index contributed by atoms with van der Waals surface area (Å²) < 4.78 is 4.90. The molecule has 0 aromatic carbocycles. The standard InChI is InChI=1S/C13H22O/c1-11-6-8-13(9-7-11)12(2)5-4-10-14-3/h4,6,10,12-13H,5,7-9H2,1-3H3/t12?,13-/m0/s1. The van der Waals surface area contributed by atoms with Crippen molar-refractivity contribution >= 4 is 0 Å². The van der Waals surface area contributed by atoms with E-state index in [0.717, 1.165) is 18.3 Å². The van der Waals surface area contributed by atoms with E-state index in [1.807, 2.05) is 0 Å². The maximum Gasteiger partial charge on any atom is 0.0784 e. The smallest absolute Gasteiger partial charge is 0.0784 e. The predicted molar refractivity (Wildman–Crippen MR) is 61.0 cm³/mol. The third kappa shape index (κ3) is 3.57. The molecule has 0 amide bonds. The summed E-state index contributed by atoms with van der Waals surface area (Å²) in [6.45, 7) is 4.59. The lowest BCUT2D eigenvalue weighted by molar-refractivity contribution is 0.315. The van der Waals surface area contributed by atoms with Gasteiger partial charge in [0, 0.05) is 0 Å². The van der Waals surface area contributed by atoms with E-state index < -0.39 is 0 Å². The van der Waals surface area contributed by atoms with Crippen molar-refractivity contribution in [3.05, 3.63) is 24.0 Å². The first-order valence-electron chi connectivity index (χ1n) is 5.57. The zero-order chi connectivity index (χ0) is 10.4. The number of ether oxygens (including phenoxy) is 1. The second kappa shape index (κ2) is 5.90. The molecule has 0 fully saturated rings. The van der Waals surface area contributed by atoms with Crippen LogP contribution in [-0.4, -0.2) is 7.11 Å². The molecule has 1 unspecified atom stereocenters. The minimum atomic E-state index is 0.783. The van der Waals surface area contributed by atoms with Gasteiger partial charge < -0.3 is 4.74 Å². The first-order valence-corrected chi connectivity index (χ1v) is 5.57. The van der Waals surface area contributed by atoms with Crippen LogP contribution in [0.4, 0.5) is 0 Å². The van der Waals surface area contributed by atoms with Crippen molar-refractivity contribution in [1.29, 1.82) is 0 Å². The van der Waals surface area contributed by atoms with Crippen LogP contribution in [-0.2, 0) is 4.74 Å². The van der Waals surface area contributed by atoms with Gasteiger partial charge in [-0.05, 0) is 50.5 Å². The molecule has 1 heteroatoms. The molecule has 0 spiro atoms. The Bertz CT molecular complexity index is 215. The van der Waals surface area contributed by atoms with Gasteiger partial charge in [-0.15, -0.1) is 0 Å². The fourth-order valence-corrected chi connectivity index (χ4v) is 2.06. The van der Waals surface area contributed by atoms with Gasteiger partial charge in [0.25, 0.3) is 0 Å². The highest BCUT2D eigenvalue weighted by atomic mass is 16.5. The molecule has 2 atom stereocenters. The van der Waals surface area contributed by atoms with Gasteiger partial charge in [-0.3, -0.25) is 0 Å². The number of methoxy groups -OCH3 is 1. The van der Waals surface area contributed by atoms with Crippen LogP contribution in [0.5, 0.6) is 0 Å². The minimum absolute atomic E-state index is 0.783. The third-order valence-corrected chi connectivity index (χ3v) is 3.22. The average molecular weight is 194 g/mol. The minimum Gasteiger partial charge on any atom is -0.505 e. The SMILES string of the molecule is COC=CCC(C)[C@H]1CC=C(C)CC1. The summed E-state index contributed by atoms with van der Waals surface area (Å²) in [6, 6.07) is 0. The fraction of sp³-hybridized carbons (Fsp3) is 0.692. The van der Waals surface area contributed by atoms with E-state index in [2.05, 4.69) is 26.0 Å². The van der Waals surface area contributed by atoms with Gasteiger partial charge in [0.15, 0.2) is 0 Å². The van der Waals surface area contributed by atoms with E-state index in [0.29, 0.717) is 0 Å². The molecule has 0 aromatic rings. The highest BCUT2D eigenvalue weighted by Crippen LogP contribution is 2.30.